The Morgan fingerprint density at radius 1 is 1.00 bits per heavy atom. The summed E-state index contributed by atoms with van der Waals surface area (Å²) in [4.78, 5) is 0. The number of hydrogen-bond acceptors (Lipinski definition) is 0. The van der Waals surface area contributed by atoms with Crippen molar-refractivity contribution in [1.82, 2.24) is 0 Å². The van der Waals surface area contributed by atoms with Crippen LogP contribution in [0.25, 0.3) is 0 Å². The van der Waals surface area contributed by atoms with Crippen LogP contribution in [0.15, 0.2) is 0 Å². The first kappa shape index (κ1) is 11.5. The van der Waals surface area contributed by atoms with Crippen molar-refractivity contribution in [2.75, 3.05) is 0 Å². The second kappa shape index (κ2) is 2.79. The molecule has 0 spiro atoms. The van der Waals surface area contributed by atoms with Gasteiger partial charge < -0.3 is 5.73 Å². The van der Waals surface area contributed by atoms with Gasteiger partial charge in [0, 0.05) is 6.42 Å². The van der Waals surface area contributed by atoms with Crippen LogP contribution in [0.2, 0.25) is 0 Å². The predicted octanol–water partition coefficient (Wildman–Crippen LogP) is 1.50. The summed E-state index contributed by atoms with van der Waals surface area (Å²) in [6, 6.07) is 0. The van der Waals surface area contributed by atoms with Crippen molar-refractivity contribution < 1.29 is 32.1 Å². The Kier molecular flexibility index (Phi) is 2.68. The van der Waals surface area contributed by atoms with Gasteiger partial charge in [-0.2, -0.15) is 26.3 Å². The summed E-state index contributed by atoms with van der Waals surface area (Å²) in [5, 5.41) is 0. The average Bonchev–Trinajstić information content (AvgIpc) is 1.85. The van der Waals surface area contributed by atoms with Crippen LogP contribution in [-0.2, 0) is 0 Å². The molecule has 0 saturated carbocycles. The first-order valence-corrected chi connectivity index (χ1v) is 3.05. The fourth-order valence-corrected chi connectivity index (χ4v) is 0.476. The van der Waals surface area contributed by atoms with Crippen molar-refractivity contribution in [3.05, 3.63) is 0 Å². The van der Waals surface area contributed by atoms with Gasteiger partial charge in [-0.3, -0.25) is 0 Å². The quantitative estimate of drug-likeness (QED) is 0.512. The lowest BCUT2D eigenvalue weighted by Crippen LogP contribution is -2.80. The molecule has 0 aliphatic rings. The van der Waals surface area contributed by atoms with Crippen LogP contribution in [0.5, 0.6) is 0 Å². The third-order valence-electron chi connectivity index (χ3n) is 1.48. The van der Waals surface area contributed by atoms with E-state index in [4.69, 9.17) is 0 Å². The lowest BCUT2D eigenvalue weighted by molar-refractivity contribution is -0.587. The summed E-state index contributed by atoms with van der Waals surface area (Å²) < 4.78 is 71.3. The maximum atomic E-state index is 12.5. The Balaban J connectivity index is 4.85. The molecule has 0 aromatic rings. The second-order valence-electron chi connectivity index (χ2n) is 2.39. The normalized spacial score (nSPS) is 19.0. The number of quaternary nitrogens is 1. The van der Waals surface area contributed by atoms with Crippen LogP contribution in [0, 0.1) is 0 Å². The van der Waals surface area contributed by atoms with Crippen molar-refractivity contribution in [3.63, 3.8) is 0 Å². The summed E-state index contributed by atoms with van der Waals surface area (Å²) in [5.74, 6) is -9.18. The van der Waals surface area contributed by atoms with E-state index in [1.807, 2.05) is 0 Å². The first-order chi connectivity index (χ1) is 5.06. The van der Waals surface area contributed by atoms with Gasteiger partial charge in [0.2, 0.25) is 0 Å². The van der Waals surface area contributed by atoms with Gasteiger partial charge in [0.15, 0.2) is 0 Å². The van der Waals surface area contributed by atoms with E-state index < -0.39 is 24.3 Å². The Morgan fingerprint density at radius 3 is 1.42 bits per heavy atom. The largest absolute Gasteiger partial charge is 0.463 e. The van der Waals surface area contributed by atoms with Gasteiger partial charge in [0.1, 0.15) is 0 Å². The zero-order valence-corrected chi connectivity index (χ0v) is 6.18. The van der Waals surface area contributed by atoms with Crippen molar-refractivity contribution in [2.45, 2.75) is 31.2 Å². The fourth-order valence-electron chi connectivity index (χ4n) is 0.476. The minimum Gasteiger partial charge on any atom is -0.321 e. The topological polar surface area (TPSA) is 27.6 Å². The van der Waals surface area contributed by atoms with Crippen molar-refractivity contribution in [3.8, 4) is 0 Å². The summed E-state index contributed by atoms with van der Waals surface area (Å²) >= 11 is 0. The molecular formula is C5H8F6N+. The molecule has 1 nitrogen and oxygen atoms in total. The van der Waals surface area contributed by atoms with E-state index in [0.29, 0.717) is 0 Å². The van der Waals surface area contributed by atoms with E-state index in [1.54, 1.807) is 0 Å². The molecule has 1 unspecified atom stereocenters. The molecule has 3 N–H and O–H groups in total. The molecule has 0 aliphatic carbocycles. The summed E-state index contributed by atoms with van der Waals surface area (Å²) in [6.07, 6.45) is -6.89. The van der Waals surface area contributed by atoms with Crippen LogP contribution >= 0.6 is 0 Å². The van der Waals surface area contributed by atoms with Gasteiger partial charge in [-0.25, -0.2) is 0 Å². The van der Waals surface area contributed by atoms with E-state index in [1.165, 1.54) is 0 Å². The molecule has 0 fully saturated rings. The highest BCUT2D eigenvalue weighted by atomic mass is 19.4. The fraction of sp³-hybridized carbons (Fsp3) is 1.00. The van der Waals surface area contributed by atoms with Crippen LogP contribution < -0.4 is 5.73 Å². The van der Waals surface area contributed by atoms with Crippen LogP contribution in [0.3, 0.4) is 0 Å². The van der Waals surface area contributed by atoms with Crippen LogP contribution in [-0.4, -0.2) is 17.9 Å². The van der Waals surface area contributed by atoms with Gasteiger partial charge in [0.05, 0.1) is 0 Å². The maximum Gasteiger partial charge on any atom is 0.463 e. The van der Waals surface area contributed by atoms with Gasteiger partial charge in [-0.05, 0) is 0 Å². The standard InChI is InChI=1S/C5H7F6N/c1-2-3(6,12)4(7,8)5(9,10)11/h2,12H2,1H3/p+1. The minimum atomic E-state index is -5.89. The van der Waals surface area contributed by atoms with Crippen molar-refractivity contribution in [2.24, 2.45) is 0 Å². The van der Waals surface area contributed by atoms with Crippen molar-refractivity contribution in [1.29, 1.82) is 0 Å². The molecule has 0 heterocycles. The molecule has 0 rings (SSSR count). The van der Waals surface area contributed by atoms with E-state index in [0.717, 1.165) is 6.92 Å². The van der Waals surface area contributed by atoms with Crippen LogP contribution in [0.1, 0.15) is 13.3 Å². The van der Waals surface area contributed by atoms with E-state index in [9.17, 15) is 26.3 Å². The smallest absolute Gasteiger partial charge is 0.321 e. The number of alkyl halides is 6. The van der Waals surface area contributed by atoms with Gasteiger partial charge in [-0.15, -0.1) is 0 Å². The van der Waals surface area contributed by atoms with Gasteiger partial charge >= 0.3 is 17.9 Å². The number of rotatable bonds is 2. The highest BCUT2D eigenvalue weighted by Gasteiger charge is 2.72. The first-order valence-electron chi connectivity index (χ1n) is 3.05. The SMILES string of the molecule is CCC([NH3+])(F)C(F)(F)C(F)(F)F. The molecule has 74 valence electrons. The van der Waals surface area contributed by atoms with Crippen molar-refractivity contribution >= 4 is 0 Å². The van der Waals surface area contributed by atoms with Gasteiger partial charge in [0.25, 0.3) is 0 Å². The van der Waals surface area contributed by atoms with E-state index in [-0.39, 0.29) is 0 Å². The highest BCUT2D eigenvalue weighted by Crippen LogP contribution is 2.43. The number of hydrogen-bond donors (Lipinski definition) is 1. The lowest BCUT2D eigenvalue weighted by atomic mass is 10.1. The third-order valence-corrected chi connectivity index (χ3v) is 1.48. The van der Waals surface area contributed by atoms with Gasteiger partial charge in [-0.1, -0.05) is 6.92 Å². The monoisotopic (exact) mass is 196 g/mol. The van der Waals surface area contributed by atoms with E-state index in [2.05, 4.69) is 5.73 Å². The Bertz CT molecular complexity index is 160. The molecule has 0 aromatic carbocycles. The molecule has 12 heavy (non-hydrogen) atoms. The number of halogens is 6. The van der Waals surface area contributed by atoms with Crippen LogP contribution in [0.4, 0.5) is 26.3 Å². The maximum absolute atomic E-state index is 12.5. The molecule has 0 saturated heterocycles. The summed E-state index contributed by atoms with van der Waals surface area (Å²) in [7, 11) is 0. The third kappa shape index (κ3) is 1.65. The second-order valence-corrected chi connectivity index (χ2v) is 2.39. The summed E-state index contributed by atoms with van der Waals surface area (Å²) in [5.41, 5.74) is 2.19. The summed E-state index contributed by atoms with van der Waals surface area (Å²) in [6.45, 7) is 0.868. The molecule has 0 bridgehead atoms. The molecule has 0 aromatic heterocycles. The van der Waals surface area contributed by atoms with E-state index >= 15 is 0 Å². The zero-order valence-electron chi connectivity index (χ0n) is 6.18. The zero-order chi connectivity index (χ0) is 10.2. The predicted molar refractivity (Wildman–Crippen MR) is 28.0 cm³/mol. The Morgan fingerprint density at radius 2 is 1.33 bits per heavy atom. The molecule has 0 aliphatic heterocycles. The molecule has 0 amide bonds. The molecule has 7 heteroatoms. The highest BCUT2D eigenvalue weighted by molar-refractivity contribution is 4.88. The lowest BCUT2D eigenvalue weighted by Gasteiger charge is -2.26. The average molecular weight is 196 g/mol. The molecule has 1 atom stereocenters. The molecular weight excluding hydrogens is 188 g/mol. The Labute approximate surface area is 64.5 Å². The Hall–Kier alpha value is -0.460. The molecule has 0 radical (unpaired) electrons. The minimum absolute atomic E-state index is 0.868.